The van der Waals surface area contributed by atoms with Gasteiger partial charge in [0.15, 0.2) is 0 Å². The van der Waals surface area contributed by atoms with Crippen molar-refractivity contribution in [3.05, 3.63) is 76.7 Å². The van der Waals surface area contributed by atoms with Crippen molar-refractivity contribution in [3.8, 4) is 6.07 Å². The molecule has 0 aliphatic carbocycles. The Hall–Kier alpha value is -3.63. The summed E-state index contributed by atoms with van der Waals surface area (Å²) in [5.41, 5.74) is 3.28. The molecule has 0 bridgehead atoms. The second-order valence-electron chi connectivity index (χ2n) is 6.19. The number of carbonyl (C=O) groups excluding carboxylic acids is 1. The number of benzene rings is 1. The van der Waals surface area contributed by atoms with Gasteiger partial charge in [-0.15, -0.1) is 11.3 Å². The zero-order valence-corrected chi connectivity index (χ0v) is 15.7. The third-order valence-electron chi connectivity index (χ3n) is 4.40. The smallest absolute Gasteiger partial charge is 0.264 e. The highest BCUT2D eigenvalue weighted by molar-refractivity contribution is 7.12. The van der Waals surface area contributed by atoms with Crippen LogP contribution in [-0.2, 0) is 0 Å². The van der Waals surface area contributed by atoms with Crippen molar-refractivity contribution >= 4 is 39.7 Å². The number of H-pyrrole nitrogens is 1. The van der Waals surface area contributed by atoms with E-state index in [1.807, 2.05) is 60.1 Å². The van der Waals surface area contributed by atoms with E-state index in [-0.39, 0.29) is 18.4 Å². The van der Waals surface area contributed by atoms with Gasteiger partial charge in [-0.2, -0.15) is 5.26 Å². The highest BCUT2D eigenvalue weighted by Crippen LogP contribution is 2.30. The maximum atomic E-state index is 12.9. The third kappa shape index (κ3) is 3.59. The lowest BCUT2D eigenvalue weighted by molar-refractivity contribution is 0.0942. The molecule has 0 unspecified atom stereocenters. The largest absolute Gasteiger partial charge is 0.354 e. The van der Waals surface area contributed by atoms with Gasteiger partial charge in [-0.05, 0) is 29.1 Å². The normalized spacial score (nSPS) is 11.7. The number of thiophene rings is 1. The molecule has 0 spiro atoms. The number of hydrogen-bond acceptors (Lipinski definition) is 5. The topological polar surface area (TPSA) is 93.6 Å². The molecule has 28 heavy (non-hydrogen) atoms. The van der Waals surface area contributed by atoms with E-state index < -0.39 is 0 Å². The number of nitrogens with zero attached hydrogens (tertiary/aromatic N) is 2. The molecule has 0 saturated carbocycles. The number of nitrogens with one attached hydrogen (secondary N) is 3. The van der Waals surface area contributed by atoms with Crippen LogP contribution in [0.5, 0.6) is 0 Å². The van der Waals surface area contributed by atoms with Crippen molar-refractivity contribution in [2.24, 2.45) is 0 Å². The molecule has 0 aliphatic heterocycles. The number of fused-ring (bicyclic) bond motifs is 1. The third-order valence-corrected chi connectivity index (χ3v) is 5.32. The average molecular weight is 387 g/mol. The van der Waals surface area contributed by atoms with Gasteiger partial charge < -0.3 is 15.6 Å². The fraction of sp³-hybridized carbons (Fsp3) is 0.0952. The zero-order valence-electron chi connectivity index (χ0n) is 14.8. The molecular weight excluding hydrogens is 370 g/mol. The van der Waals surface area contributed by atoms with Gasteiger partial charge in [0.1, 0.15) is 10.5 Å². The molecule has 0 saturated heterocycles. The number of pyridine rings is 1. The molecule has 7 heteroatoms. The first-order valence-electron chi connectivity index (χ1n) is 8.75. The highest BCUT2D eigenvalue weighted by atomic mass is 32.1. The SMILES string of the molecule is N#CC[C@@H](NC(=O)c1sccc1Nc1ccnc2[nH]ccc12)c1ccccc1. The first-order valence-corrected chi connectivity index (χ1v) is 9.63. The van der Waals surface area contributed by atoms with Crippen LogP contribution in [-0.4, -0.2) is 15.9 Å². The predicted octanol–water partition coefficient (Wildman–Crippen LogP) is 4.75. The Labute approximate surface area is 165 Å². The van der Waals surface area contributed by atoms with Crippen LogP contribution in [0.15, 0.2) is 66.3 Å². The molecule has 3 heterocycles. The number of carbonyl (C=O) groups is 1. The standard InChI is InChI=1S/C21H17N5OS/c22-10-6-16(14-4-2-1-3-5-14)26-21(27)19-18(9-13-28-19)25-17-8-12-24-20-15(17)7-11-23-20/h1-5,7-9,11-13,16H,6H2,(H,26,27)(H2,23,24,25)/t16-/m1/s1. The van der Waals surface area contributed by atoms with Crippen LogP contribution in [0.25, 0.3) is 11.0 Å². The van der Waals surface area contributed by atoms with Crippen LogP contribution >= 0.6 is 11.3 Å². The number of rotatable bonds is 6. The Bertz CT molecular complexity index is 1140. The summed E-state index contributed by atoms with van der Waals surface area (Å²) in [5, 5.41) is 18.3. The monoisotopic (exact) mass is 387 g/mol. The lowest BCUT2D eigenvalue weighted by Crippen LogP contribution is -2.28. The summed E-state index contributed by atoms with van der Waals surface area (Å²) in [4.78, 5) is 20.8. The van der Waals surface area contributed by atoms with Crippen molar-refractivity contribution in [3.63, 3.8) is 0 Å². The van der Waals surface area contributed by atoms with Crippen LogP contribution in [0.4, 0.5) is 11.4 Å². The Morgan fingerprint density at radius 2 is 2.04 bits per heavy atom. The molecule has 3 N–H and O–H groups in total. The first-order chi connectivity index (χ1) is 13.8. The van der Waals surface area contributed by atoms with Crippen LogP contribution < -0.4 is 10.6 Å². The van der Waals surface area contributed by atoms with E-state index in [9.17, 15) is 4.79 Å². The molecule has 3 aromatic heterocycles. The van der Waals surface area contributed by atoms with E-state index in [2.05, 4.69) is 26.7 Å². The Morgan fingerprint density at radius 1 is 1.18 bits per heavy atom. The summed E-state index contributed by atoms with van der Waals surface area (Å²) in [6.45, 7) is 0. The first kappa shape index (κ1) is 17.8. The van der Waals surface area contributed by atoms with Crippen LogP contribution in [0, 0.1) is 11.3 Å². The molecule has 1 amide bonds. The van der Waals surface area contributed by atoms with Crippen LogP contribution in [0.3, 0.4) is 0 Å². The van der Waals surface area contributed by atoms with E-state index in [0.717, 1.165) is 28.0 Å². The zero-order chi connectivity index (χ0) is 19.3. The van der Waals surface area contributed by atoms with Gasteiger partial charge in [-0.25, -0.2) is 4.98 Å². The summed E-state index contributed by atoms with van der Waals surface area (Å²) in [5.74, 6) is -0.207. The fourth-order valence-electron chi connectivity index (χ4n) is 3.05. The molecule has 4 rings (SSSR count). The molecule has 138 valence electrons. The van der Waals surface area contributed by atoms with Crippen LogP contribution in [0.2, 0.25) is 0 Å². The lowest BCUT2D eigenvalue weighted by atomic mass is 10.0. The number of aromatic nitrogens is 2. The van der Waals surface area contributed by atoms with E-state index in [4.69, 9.17) is 5.26 Å². The number of anilines is 2. The van der Waals surface area contributed by atoms with Crippen molar-refractivity contribution in [1.82, 2.24) is 15.3 Å². The molecule has 0 fully saturated rings. The summed E-state index contributed by atoms with van der Waals surface area (Å²) in [6.07, 6.45) is 3.75. The minimum atomic E-state index is -0.356. The fourth-order valence-corrected chi connectivity index (χ4v) is 3.80. The van der Waals surface area contributed by atoms with Gasteiger partial charge in [0, 0.05) is 17.8 Å². The van der Waals surface area contributed by atoms with Crippen LogP contribution in [0.1, 0.15) is 27.7 Å². The molecule has 1 atom stereocenters. The second kappa shape index (κ2) is 7.94. The molecule has 6 nitrogen and oxygen atoms in total. The summed E-state index contributed by atoms with van der Waals surface area (Å²) in [7, 11) is 0. The Kier molecular flexibility index (Phi) is 5.04. The predicted molar refractivity (Wildman–Crippen MR) is 111 cm³/mol. The van der Waals surface area contributed by atoms with Crippen molar-refractivity contribution in [1.29, 1.82) is 5.26 Å². The Morgan fingerprint density at radius 3 is 2.86 bits per heavy atom. The number of amides is 1. The summed E-state index contributed by atoms with van der Waals surface area (Å²) in [6, 6.07) is 17.0. The second-order valence-corrected chi connectivity index (χ2v) is 7.10. The molecule has 1 aromatic carbocycles. The van der Waals surface area contributed by atoms with E-state index in [1.54, 1.807) is 6.20 Å². The number of aromatic amines is 1. The Balaban J connectivity index is 1.57. The molecular formula is C21H17N5OS. The average Bonchev–Trinajstić information content (AvgIpc) is 3.38. The molecule has 4 aromatic rings. The van der Waals surface area contributed by atoms with Gasteiger partial charge in [-0.3, -0.25) is 4.79 Å². The maximum absolute atomic E-state index is 12.9. The minimum Gasteiger partial charge on any atom is -0.354 e. The minimum absolute atomic E-state index is 0.207. The molecule has 0 radical (unpaired) electrons. The highest BCUT2D eigenvalue weighted by Gasteiger charge is 2.19. The van der Waals surface area contributed by atoms with E-state index in [1.165, 1.54) is 11.3 Å². The van der Waals surface area contributed by atoms with Gasteiger partial charge in [0.2, 0.25) is 0 Å². The summed E-state index contributed by atoms with van der Waals surface area (Å²) >= 11 is 1.36. The number of hydrogen-bond donors (Lipinski definition) is 3. The lowest BCUT2D eigenvalue weighted by Gasteiger charge is -2.17. The van der Waals surface area contributed by atoms with E-state index >= 15 is 0 Å². The van der Waals surface area contributed by atoms with Crippen molar-refractivity contribution in [2.75, 3.05) is 5.32 Å². The van der Waals surface area contributed by atoms with Gasteiger partial charge in [-0.1, -0.05) is 30.3 Å². The number of nitriles is 1. The maximum Gasteiger partial charge on any atom is 0.264 e. The van der Waals surface area contributed by atoms with Gasteiger partial charge in [0.05, 0.1) is 29.9 Å². The molecule has 0 aliphatic rings. The van der Waals surface area contributed by atoms with Gasteiger partial charge >= 0.3 is 0 Å². The van der Waals surface area contributed by atoms with Crippen molar-refractivity contribution < 1.29 is 4.79 Å². The van der Waals surface area contributed by atoms with Gasteiger partial charge in [0.25, 0.3) is 5.91 Å². The van der Waals surface area contributed by atoms with Crippen molar-refractivity contribution in [2.45, 2.75) is 12.5 Å². The summed E-state index contributed by atoms with van der Waals surface area (Å²) < 4.78 is 0. The quantitative estimate of drug-likeness (QED) is 0.445. The van der Waals surface area contributed by atoms with E-state index in [0.29, 0.717) is 4.88 Å².